The van der Waals surface area contributed by atoms with Gasteiger partial charge >= 0.3 is 0 Å². The fraction of sp³-hybridized carbons (Fsp3) is 0.800. The second-order valence-electron chi connectivity index (χ2n) is 4.75. The average molecular weight is 192 g/mol. The van der Waals surface area contributed by atoms with Crippen molar-refractivity contribution in [3.63, 3.8) is 0 Å². The van der Waals surface area contributed by atoms with E-state index >= 15 is 0 Å². The topological polar surface area (TPSA) is 34.0 Å². The minimum Gasteiger partial charge on any atom is -0.306 e. The monoisotopic (exact) mass is 192 g/mol. The summed E-state index contributed by atoms with van der Waals surface area (Å²) >= 11 is 0. The Labute approximate surface area is 83.9 Å². The summed E-state index contributed by atoms with van der Waals surface area (Å²) in [5.41, 5.74) is 0. The van der Waals surface area contributed by atoms with Crippen molar-refractivity contribution in [3.05, 3.63) is 12.4 Å². The normalized spacial score (nSPS) is 37.6. The van der Waals surface area contributed by atoms with Crippen LogP contribution in [0.2, 0.25) is 0 Å². The Bertz CT molecular complexity index is 294. The Morgan fingerprint density at radius 1 is 1.21 bits per heavy atom. The van der Waals surface area contributed by atoms with E-state index in [-0.39, 0.29) is 0 Å². The summed E-state index contributed by atoms with van der Waals surface area (Å²) in [5, 5.41) is 7.98. The highest BCUT2D eigenvalue weighted by atomic mass is 15.4. The molecule has 4 nitrogen and oxygen atoms in total. The lowest BCUT2D eigenvalue weighted by atomic mass is 10.0. The number of aromatic nitrogens is 3. The largest absolute Gasteiger partial charge is 0.306 e. The van der Waals surface area contributed by atoms with Crippen molar-refractivity contribution in [2.45, 2.75) is 18.9 Å². The number of likely N-dealkylation sites (tertiary alicyclic amines) is 1. The Morgan fingerprint density at radius 2 is 1.93 bits per heavy atom. The number of rotatable bonds is 1. The summed E-state index contributed by atoms with van der Waals surface area (Å²) in [6.07, 6.45) is 6.35. The molecule has 2 aliphatic rings. The van der Waals surface area contributed by atoms with Gasteiger partial charge in [0.25, 0.3) is 0 Å². The smallest absolute Gasteiger partial charge is 0.0693 e. The molecule has 76 valence electrons. The molecule has 2 fully saturated rings. The van der Waals surface area contributed by atoms with Crippen molar-refractivity contribution in [1.82, 2.24) is 19.9 Å². The fourth-order valence-corrected chi connectivity index (χ4v) is 3.13. The van der Waals surface area contributed by atoms with Crippen LogP contribution in [-0.4, -0.2) is 40.0 Å². The maximum atomic E-state index is 4.10. The third kappa shape index (κ3) is 1.25. The highest BCUT2D eigenvalue weighted by Gasteiger charge is 2.40. The fourth-order valence-electron chi connectivity index (χ4n) is 3.13. The minimum atomic E-state index is 0.612. The Balaban J connectivity index is 1.73. The summed E-state index contributed by atoms with van der Waals surface area (Å²) in [5.74, 6) is 1.79. The van der Waals surface area contributed by atoms with Gasteiger partial charge in [-0.15, -0.1) is 5.10 Å². The van der Waals surface area contributed by atoms with Gasteiger partial charge in [0.2, 0.25) is 0 Å². The maximum absolute atomic E-state index is 4.10. The molecule has 1 aliphatic heterocycles. The number of hydrogen-bond acceptors (Lipinski definition) is 3. The second kappa shape index (κ2) is 3.05. The third-order valence-electron chi connectivity index (χ3n) is 3.72. The number of fused-ring (bicyclic) bond motifs is 1. The van der Waals surface area contributed by atoms with Gasteiger partial charge in [0, 0.05) is 19.3 Å². The molecule has 3 rings (SSSR count). The van der Waals surface area contributed by atoms with Crippen LogP contribution in [-0.2, 0) is 0 Å². The van der Waals surface area contributed by atoms with Crippen LogP contribution in [0.5, 0.6) is 0 Å². The molecule has 1 saturated carbocycles. The standard InChI is InChI=1S/C10H16N4/c1-13-6-8-4-10(5-9(8)7-13)14-3-2-11-12-14/h2-3,8-10H,4-7H2,1H3. The van der Waals surface area contributed by atoms with Crippen molar-refractivity contribution in [3.8, 4) is 0 Å². The van der Waals surface area contributed by atoms with E-state index in [2.05, 4.69) is 22.3 Å². The first-order chi connectivity index (χ1) is 6.83. The molecule has 0 amide bonds. The van der Waals surface area contributed by atoms with Crippen LogP contribution in [0.15, 0.2) is 12.4 Å². The zero-order valence-corrected chi connectivity index (χ0v) is 8.50. The van der Waals surface area contributed by atoms with Crippen LogP contribution >= 0.6 is 0 Å². The molecule has 4 heteroatoms. The van der Waals surface area contributed by atoms with E-state index in [0.717, 1.165) is 11.8 Å². The molecule has 1 saturated heterocycles. The molecule has 0 N–H and O–H groups in total. The highest BCUT2D eigenvalue weighted by Crippen LogP contribution is 2.42. The summed E-state index contributed by atoms with van der Waals surface area (Å²) in [6, 6.07) is 0.612. The molecule has 1 aromatic heterocycles. The van der Waals surface area contributed by atoms with E-state index in [4.69, 9.17) is 0 Å². The summed E-state index contributed by atoms with van der Waals surface area (Å²) in [4.78, 5) is 2.45. The van der Waals surface area contributed by atoms with E-state index in [1.54, 1.807) is 6.20 Å². The first-order valence-electron chi connectivity index (χ1n) is 5.37. The molecule has 1 aromatic rings. The molecule has 2 heterocycles. The third-order valence-corrected chi connectivity index (χ3v) is 3.72. The minimum absolute atomic E-state index is 0.612. The van der Waals surface area contributed by atoms with Crippen LogP contribution < -0.4 is 0 Å². The van der Waals surface area contributed by atoms with Crippen LogP contribution in [0.1, 0.15) is 18.9 Å². The summed E-state index contributed by atoms with van der Waals surface area (Å²) in [6.45, 7) is 2.55. The number of nitrogens with zero attached hydrogens (tertiary/aromatic N) is 4. The Morgan fingerprint density at radius 3 is 2.50 bits per heavy atom. The van der Waals surface area contributed by atoms with Crippen molar-refractivity contribution >= 4 is 0 Å². The SMILES string of the molecule is CN1CC2CC(n3ccnn3)CC2C1. The van der Waals surface area contributed by atoms with Crippen molar-refractivity contribution in [2.75, 3.05) is 20.1 Å². The molecular formula is C10H16N4. The molecule has 0 spiro atoms. The van der Waals surface area contributed by atoms with Gasteiger partial charge in [-0.2, -0.15) is 0 Å². The Kier molecular flexibility index (Phi) is 1.83. The zero-order chi connectivity index (χ0) is 9.54. The average Bonchev–Trinajstić information content (AvgIpc) is 2.74. The molecule has 14 heavy (non-hydrogen) atoms. The molecule has 1 aliphatic carbocycles. The summed E-state index contributed by atoms with van der Waals surface area (Å²) in [7, 11) is 2.22. The molecular weight excluding hydrogens is 176 g/mol. The van der Waals surface area contributed by atoms with Crippen LogP contribution in [0.4, 0.5) is 0 Å². The first kappa shape index (κ1) is 8.41. The van der Waals surface area contributed by atoms with Crippen molar-refractivity contribution in [2.24, 2.45) is 11.8 Å². The summed E-state index contributed by atoms with van der Waals surface area (Å²) < 4.78 is 2.04. The molecule has 0 aromatic carbocycles. The van der Waals surface area contributed by atoms with E-state index < -0.39 is 0 Å². The Hall–Kier alpha value is -0.900. The van der Waals surface area contributed by atoms with Gasteiger partial charge in [-0.3, -0.25) is 0 Å². The van der Waals surface area contributed by atoms with Gasteiger partial charge in [-0.25, -0.2) is 4.68 Å². The molecule has 0 radical (unpaired) electrons. The van der Waals surface area contributed by atoms with Crippen molar-refractivity contribution in [1.29, 1.82) is 0 Å². The second-order valence-corrected chi connectivity index (χ2v) is 4.75. The molecule has 2 atom stereocenters. The lowest BCUT2D eigenvalue weighted by molar-refractivity contribution is 0.340. The molecule has 2 unspecified atom stereocenters. The quantitative estimate of drug-likeness (QED) is 0.659. The van der Waals surface area contributed by atoms with E-state index in [1.165, 1.54) is 25.9 Å². The highest BCUT2D eigenvalue weighted by molar-refractivity contribution is 4.93. The van der Waals surface area contributed by atoms with Gasteiger partial charge in [-0.1, -0.05) is 5.21 Å². The van der Waals surface area contributed by atoms with Gasteiger partial charge in [0.05, 0.1) is 12.2 Å². The van der Waals surface area contributed by atoms with Gasteiger partial charge in [0.1, 0.15) is 0 Å². The van der Waals surface area contributed by atoms with Gasteiger partial charge in [-0.05, 0) is 31.7 Å². The van der Waals surface area contributed by atoms with Crippen molar-refractivity contribution < 1.29 is 0 Å². The van der Waals surface area contributed by atoms with Crippen LogP contribution in [0, 0.1) is 11.8 Å². The lowest BCUT2D eigenvalue weighted by Gasteiger charge is -2.13. The zero-order valence-electron chi connectivity index (χ0n) is 8.50. The van der Waals surface area contributed by atoms with E-state index in [0.29, 0.717) is 6.04 Å². The van der Waals surface area contributed by atoms with E-state index in [1.807, 2.05) is 10.9 Å². The lowest BCUT2D eigenvalue weighted by Crippen LogP contribution is -2.17. The first-order valence-corrected chi connectivity index (χ1v) is 5.37. The molecule has 0 bridgehead atoms. The van der Waals surface area contributed by atoms with Gasteiger partial charge < -0.3 is 4.90 Å². The van der Waals surface area contributed by atoms with Crippen LogP contribution in [0.25, 0.3) is 0 Å². The van der Waals surface area contributed by atoms with E-state index in [9.17, 15) is 0 Å². The predicted molar refractivity (Wildman–Crippen MR) is 52.8 cm³/mol. The number of hydrogen-bond donors (Lipinski definition) is 0. The predicted octanol–water partition coefficient (Wildman–Crippen LogP) is 0.791. The maximum Gasteiger partial charge on any atom is 0.0693 e. The van der Waals surface area contributed by atoms with Crippen LogP contribution in [0.3, 0.4) is 0 Å². The van der Waals surface area contributed by atoms with Gasteiger partial charge in [0.15, 0.2) is 0 Å².